The maximum Gasteiger partial charge on any atom is 0.417 e. The number of anilines is 2. The highest BCUT2D eigenvalue weighted by atomic mass is 35.5. The first-order valence-electron chi connectivity index (χ1n) is 8.23. The zero-order chi connectivity index (χ0) is 18.7. The first kappa shape index (κ1) is 18.5. The number of carbonyl (C=O) groups excluding carboxylic acids is 1. The number of nitrogens with one attached hydrogen (secondary N) is 2. The average Bonchev–Trinajstić information content (AvgIpc) is 3.09. The molecule has 0 radical (unpaired) electrons. The number of aromatic nitrogens is 1. The second-order valence-corrected chi connectivity index (χ2v) is 6.61. The molecule has 1 heterocycles. The van der Waals surface area contributed by atoms with Gasteiger partial charge in [-0.05, 0) is 43.2 Å². The zero-order valence-electron chi connectivity index (χ0n) is 13.7. The molecule has 26 heavy (non-hydrogen) atoms. The molecule has 1 aromatic carbocycles. The highest BCUT2D eigenvalue weighted by Gasteiger charge is 2.33. The molecule has 0 atom stereocenters. The lowest BCUT2D eigenvalue weighted by Crippen LogP contribution is -2.17. The Hall–Kier alpha value is -2.28. The smallest absolute Gasteiger partial charge is 0.381 e. The topological polar surface area (TPSA) is 54.0 Å². The molecule has 0 aliphatic heterocycles. The van der Waals surface area contributed by atoms with Gasteiger partial charge in [0, 0.05) is 11.7 Å². The Balaban J connectivity index is 1.68. The van der Waals surface area contributed by atoms with Crippen LogP contribution in [0.5, 0.6) is 0 Å². The lowest BCUT2D eigenvalue weighted by Gasteiger charge is -2.13. The maximum absolute atomic E-state index is 12.9. The van der Waals surface area contributed by atoms with E-state index in [1.54, 1.807) is 12.3 Å². The minimum Gasteiger partial charge on any atom is -0.381 e. The lowest BCUT2D eigenvalue weighted by molar-refractivity contribution is -0.137. The first-order valence-corrected chi connectivity index (χ1v) is 8.61. The molecule has 1 saturated carbocycles. The van der Waals surface area contributed by atoms with E-state index in [9.17, 15) is 18.0 Å². The van der Waals surface area contributed by atoms with Gasteiger partial charge in [-0.25, -0.2) is 4.98 Å². The Morgan fingerprint density at radius 2 is 1.81 bits per heavy atom. The van der Waals surface area contributed by atoms with Crippen molar-refractivity contribution in [3.63, 3.8) is 0 Å². The van der Waals surface area contributed by atoms with E-state index in [0.717, 1.165) is 30.7 Å². The van der Waals surface area contributed by atoms with Gasteiger partial charge in [0.1, 0.15) is 5.69 Å². The molecule has 2 aromatic rings. The van der Waals surface area contributed by atoms with Gasteiger partial charge in [-0.2, -0.15) is 13.2 Å². The van der Waals surface area contributed by atoms with Crippen LogP contribution >= 0.6 is 11.6 Å². The van der Waals surface area contributed by atoms with Gasteiger partial charge >= 0.3 is 6.18 Å². The monoisotopic (exact) mass is 383 g/mol. The van der Waals surface area contributed by atoms with Gasteiger partial charge in [-0.1, -0.05) is 24.4 Å². The minimum atomic E-state index is -4.59. The van der Waals surface area contributed by atoms with Crippen molar-refractivity contribution in [1.29, 1.82) is 0 Å². The third-order valence-electron chi connectivity index (χ3n) is 4.25. The summed E-state index contributed by atoms with van der Waals surface area (Å²) in [5, 5.41) is 5.34. The van der Waals surface area contributed by atoms with E-state index >= 15 is 0 Å². The van der Waals surface area contributed by atoms with Crippen molar-refractivity contribution in [2.24, 2.45) is 0 Å². The van der Waals surface area contributed by atoms with E-state index in [-0.39, 0.29) is 11.4 Å². The number of rotatable bonds is 4. The van der Waals surface area contributed by atoms with Crippen LogP contribution in [0.2, 0.25) is 5.02 Å². The number of hydrogen-bond donors (Lipinski definition) is 2. The summed E-state index contributed by atoms with van der Waals surface area (Å²) in [5.74, 6) is -0.590. The number of carbonyl (C=O) groups is 1. The lowest BCUT2D eigenvalue weighted by atomic mass is 10.2. The Bertz CT molecular complexity index is 787. The van der Waals surface area contributed by atoms with Crippen molar-refractivity contribution in [3.05, 3.63) is 52.8 Å². The van der Waals surface area contributed by atoms with Crippen molar-refractivity contribution in [3.8, 4) is 0 Å². The summed E-state index contributed by atoms with van der Waals surface area (Å²) >= 11 is 5.57. The van der Waals surface area contributed by atoms with Gasteiger partial charge in [0.2, 0.25) is 0 Å². The SMILES string of the molecule is O=C(Nc1ccc(Cl)c(C(F)(F)F)c1)c1ccc(NC2CCCC2)cn1. The predicted octanol–water partition coefficient (Wildman–Crippen LogP) is 5.36. The molecule has 1 aromatic heterocycles. The fourth-order valence-electron chi connectivity index (χ4n) is 2.93. The fraction of sp³-hybridized carbons (Fsp3) is 0.333. The Labute approximate surface area is 153 Å². The Morgan fingerprint density at radius 3 is 2.42 bits per heavy atom. The summed E-state index contributed by atoms with van der Waals surface area (Å²) < 4.78 is 38.7. The van der Waals surface area contributed by atoms with Gasteiger partial charge in [0.25, 0.3) is 5.91 Å². The van der Waals surface area contributed by atoms with Crippen molar-refractivity contribution in [2.75, 3.05) is 10.6 Å². The number of alkyl halides is 3. The summed E-state index contributed by atoms with van der Waals surface area (Å²) in [6, 6.07) is 6.91. The molecular formula is C18H17ClF3N3O. The number of amides is 1. The van der Waals surface area contributed by atoms with Crippen LogP contribution in [0.4, 0.5) is 24.5 Å². The largest absolute Gasteiger partial charge is 0.417 e. The van der Waals surface area contributed by atoms with E-state index in [4.69, 9.17) is 11.6 Å². The predicted molar refractivity (Wildman–Crippen MR) is 94.5 cm³/mol. The van der Waals surface area contributed by atoms with E-state index in [1.807, 2.05) is 0 Å². The molecule has 0 bridgehead atoms. The molecule has 1 fully saturated rings. The van der Waals surface area contributed by atoms with Crippen molar-refractivity contribution < 1.29 is 18.0 Å². The summed E-state index contributed by atoms with van der Waals surface area (Å²) in [6.07, 6.45) is 1.58. The second-order valence-electron chi connectivity index (χ2n) is 6.20. The normalized spacial score (nSPS) is 15.1. The number of benzene rings is 1. The van der Waals surface area contributed by atoms with E-state index in [1.165, 1.54) is 25.0 Å². The molecule has 1 amide bonds. The summed E-state index contributed by atoms with van der Waals surface area (Å²) in [4.78, 5) is 16.3. The first-order chi connectivity index (χ1) is 12.3. The minimum absolute atomic E-state index is 0.00156. The van der Waals surface area contributed by atoms with Crippen molar-refractivity contribution >= 4 is 28.9 Å². The quantitative estimate of drug-likeness (QED) is 0.747. The van der Waals surface area contributed by atoms with Crippen molar-refractivity contribution in [2.45, 2.75) is 37.9 Å². The van der Waals surface area contributed by atoms with Crippen LogP contribution in [0.25, 0.3) is 0 Å². The van der Waals surface area contributed by atoms with E-state index in [2.05, 4.69) is 15.6 Å². The van der Waals surface area contributed by atoms with Gasteiger partial charge in [0.05, 0.1) is 22.5 Å². The molecule has 3 rings (SSSR count). The number of pyridine rings is 1. The molecular weight excluding hydrogens is 367 g/mol. The summed E-state index contributed by atoms with van der Waals surface area (Å²) in [7, 11) is 0. The van der Waals surface area contributed by atoms with Crippen LogP contribution in [0, 0.1) is 0 Å². The number of nitrogens with zero attached hydrogens (tertiary/aromatic N) is 1. The van der Waals surface area contributed by atoms with Crippen LogP contribution in [0.15, 0.2) is 36.5 Å². The highest BCUT2D eigenvalue weighted by Crippen LogP contribution is 2.36. The summed E-state index contributed by atoms with van der Waals surface area (Å²) in [5.41, 5.74) is -0.0625. The molecule has 0 saturated heterocycles. The third-order valence-corrected chi connectivity index (χ3v) is 4.58. The van der Waals surface area contributed by atoms with E-state index < -0.39 is 22.7 Å². The fourth-order valence-corrected chi connectivity index (χ4v) is 3.16. The van der Waals surface area contributed by atoms with Gasteiger partial charge in [-0.3, -0.25) is 4.79 Å². The molecule has 8 heteroatoms. The summed E-state index contributed by atoms with van der Waals surface area (Å²) in [6.45, 7) is 0. The standard InChI is InChI=1S/C18H17ClF3N3O/c19-15-7-5-12(9-14(15)18(20,21)22)25-17(26)16-8-6-13(10-23-16)24-11-3-1-2-4-11/h5-11,24H,1-4H2,(H,25,26). The molecule has 1 aliphatic carbocycles. The molecule has 138 valence electrons. The maximum atomic E-state index is 12.9. The van der Waals surface area contributed by atoms with E-state index in [0.29, 0.717) is 6.04 Å². The van der Waals surface area contributed by atoms with Crippen LogP contribution in [0.1, 0.15) is 41.7 Å². The van der Waals surface area contributed by atoms with Gasteiger partial charge in [0.15, 0.2) is 0 Å². The average molecular weight is 384 g/mol. The number of hydrogen-bond acceptors (Lipinski definition) is 3. The van der Waals surface area contributed by atoms with Gasteiger partial charge < -0.3 is 10.6 Å². The van der Waals surface area contributed by atoms with Crippen molar-refractivity contribution in [1.82, 2.24) is 4.98 Å². The highest BCUT2D eigenvalue weighted by molar-refractivity contribution is 6.31. The zero-order valence-corrected chi connectivity index (χ0v) is 14.5. The molecule has 0 unspecified atom stereocenters. The second kappa shape index (κ2) is 7.53. The molecule has 0 spiro atoms. The van der Waals surface area contributed by atoms with Crippen LogP contribution < -0.4 is 10.6 Å². The van der Waals surface area contributed by atoms with Crippen LogP contribution in [-0.4, -0.2) is 16.9 Å². The van der Waals surface area contributed by atoms with Gasteiger partial charge in [-0.15, -0.1) is 0 Å². The molecule has 2 N–H and O–H groups in total. The number of halogens is 4. The molecule has 4 nitrogen and oxygen atoms in total. The van der Waals surface area contributed by atoms with Crippen LogP contribution in [0.3, 0.4) is 0 Å². The van der Waals surface area contributed by atoms with Crippen LogP contribution in [-0.2, 0) is 6.18 Å². The Morgan fingerprint density at radius 1 is 1.12 bits per heavy atom. The third kappa shape index (κ3) is 4.46. The Kier molecular flexibility index (Phi) is 5.36. The molecule has 1 aliphatic rings.